The Morgan fingerprint density at radius 2 is 1.56 bits per heavy atom. The van der Waals surface area contributed by atoms with Crippen molar-refractivity contribution in [1.82, 2.24) is 4.98 Å². The fourth-order valence-corrected chi connectivity index (χ4v) is 5.85. The summed E-state index contributed by atoms with van der Waals surface area (Å²) in [5.41, 5.74) is 3.58. The van der Waals surface area contributed by atoms with E-state index in [0.29, 0.717) is 10.7 Å². The van der Waals surface area contributed by atoms with Gasteiger partial charge in [0.15, 0.2) is 15.0 Å². The molecule has 1 amide bonds. The number of carbonyl (C=O) groups is 1. The third kappa shape index (κ3) is 5.41. The molecule has 0 radical (unpaired) electrons. The number of fused-ring (bicyclic) bond motifs is 1. The molecule has 0 aliphatic rings. The fourth-order valence-electron chi connectivity index (χ4n) is 3.47. The number of aromatic nitrogens is 1. The van der Waals surface area contributed by atoms with Crippen molar-refractivity contribution >= 4 is 42.4 Å². The van der Waals surface area contributed by atoms with Crippen molar-refractivity contribution in [2.75, 3.05) is 10.7 Å². The molecule has 7 heteroatoms. The maximum absolute atomic E-state index is 13.3. The topological polar surface area (TPSA) is 67.3 Å². The Morgan fingerprint density at radius 1 is 0.906 bits per heavy atom. The van der Waals surface area contributed by atoms with E-state index in [1.807, 2.05) is 48.5 Å². The van der Waals surface area contributed by atoms with Gasteiger partial charge in [-0.2, -0.15) is 0 Å². The van der Waals surface area contributed by atoms with Crippen LogP contribution in [0.1, 0.15) is 23.6 Å². The second-order valence-corrected chi connectivity index (χ2v) is 10.7. The first-order valence-electron chi connectivity index (χ1n) is 10.4. The van der Waals surface area contributed by atoms with Crippen molar-refractivity contribution in [2.24, 2.45) is 0 Å². The van der Waals surface area contributed by atoms with Crippen LogP contribution in [-0.4, -0.2) is 25.1 Å². The van der Waals surface area contributed by atoms with Gasteiger partial charge in [0.2, 0.25) is 5.91 Å². The van der Waals surface area contributed by atoms with Crippen molar-refractivity contribution < 1.29 is 13.2 Å². The van der Waals surface area contributed by atoms with E-state index in [9.17, 15) is 13.2 Å². The normalized spacial score (nSPS) is 11.5. The van der Waals surface area contributed by atoms with E-state index in [0.717, 1.165) is 22.2 Å². The molecule has 0 unspecified atom stereocenters. The Morgan fingerprint density at radius 3 is 2.22 bits per heavy atom. The standard InChI is InChI=1S/C25H24N2O3S2/c1-2-19-13-14-22-23(15-19)31-25(26-22)27(16-20-9-5-3-6-10-20)24(28)18-32(29,30)17-21-11-7-4-8-12-21/h3-15H,2,16-18H2,1H3. The largest absolute Gasteiger partial charge is 0.283 e. The van der Waals surface area contributed by atoms with Crippen molar-refractivity contribution in [2.45, 2.75) is 25.6 Å². The minimum atomic E-state index is -3.63. The highest BCUT2D eigenvalue weighted by molar-refractivity contribution is 7.91. The van der Waals surface area contributed by atoms with Gasteiger partial charge in [-0.25, -0.2) is 13.4 Å². The van der Waals surface area contributed by atoms with Gasteiger partial charge in [-0.1, -0.05) is 85.0 Å². The molecule has 0 saturated carbocycles. The number of benzene rings is 3. The summed E-state index contributed by atoms with van der Waals surface area (Å²) in [7, 11) is -3.63. The Bertz CT molecular complexity index is 1320. The number of aryl methyl sites for hydroxylation is 1. The Labute approximate surface area is 192 Å². The van der Waals surface area contributed by atoms with Gasteiger partial charge in [0.1, 0.15) is 5.75 Å². The van der Waals surface area contributed by atoms with E-state index in [1.165, 1.54) is 21.8 Å². The Balaban J connectivity index is 1.64. The summed E-state index contributed by atoms with van der Waals surface area (Å²) >= 11 is 1.41. The number of sulfone groups is 1. The third-order valence-corrected chi connectivity index (χ3v) is 7.64. The van der Waals surface area contributed by atoms with Crippen LogP contribution in [0.3, 0.4) is 0 Å². The van der Waals surface area contributed by atoms with Crippen molar-refractivity contribution in [3.63, 3.8) is 0 Å². The second-order valence-electron chi connectivity index (χ2n) is 7.64. The summed E-state index contributed by atoms with van der Waals surface area (Å²) in [6, 6.07) is 24.5. The van der Waals surface area contributed by atoms with Crippen LogP contribution in [0, 0.1) is 0 Å². The van der Waals surface area contributed by atoms with Gasteiger partial charge >= 0.3 is 0 Å². The van der Waals surface area contributed by atoms with E-state index >= 15 is 0 Å². The number of hydrogen-bond acceptors (Lipinski definition) is 5. The van der Waals surface area contributed by atoms with Gasteiger partial charge in [0.25, 0.3) is 0 Å². The van der Waals surface area contributed by atoms with E-state index < -0.39 is 21.5 Å². The zero-order chi connectivity index (χ0) is 22.6. The number of nitrogens with zero attached hydrogens (tertiary/aromatic N) is 2. The first-order valence-corrected chi connectivity index (χ1v) is 13.1. The molecule has 0 N–H and O–H groups in total. The highest BCUT2D eigenvalue weighted by Crippen LogP contribution is 2.31. The van der Waals surface area contributed by atoms with Gasteiger partial charge in [-0.3, -0.25) is 9.69 Å². The predicted molar refractivity (Wildman–Crippen MR) is 131 cm³/mol. The molecular formula is C25H24N2O3S2. The summed E-state index contributed by atoms with van der Waals surface area (Å²) < 4.78 is 26.6. The Kier molecular flexibility index (Phi) is 6.67. The average molecular weight is 465 g/mol. The minimum Gasteiger partial charge on any atom is -0.283 e. The molecule has 4 aromatic rings. The highest BCUT2D eigenvalue weighted by Gasteiger charge is 2.26. The SMILES string of the molecule is CCc1ccc2nc(N(Cc3ccccc3)C(=O)CS(=O)(=O)Cc3ccccc3)sc2c1. The molecule has 1 heterocycles. The summed E-state index contributed by atoms with van der Waals surface area (Å²) in [5, 5.41) is 0.511. The molecule has 5 nitrogen and oxygen atoms in total. The molecule has 3 aromatic carbocycles. The number of carbonyl (C=O) groups excluding carboxylic acids is 1. The van der Waals surface area contributed by atoms with Gasteiger partial charge in [-0.05, 0) is 35.2 Å². The number of amides is 1. The first-order chi connectivity index (χ1) is 15.4. The first kappa shape index (κ1) is 22.2. The molecule has 0 bridgehead atoms. The molecular weight excluding hydrogens is 440 g/mol. The molecule has 164 valence electrons. The zero-order valence-corrected chi connectivity index (χ0v) is 19.4. The monoisotopic (exact) mass is 464 g/mol. The van der Waals surface area contributed by atoms with Gasteiger partial charge in [0.05, 0.1) is 22.5 Å². The van der Waals surface area contributed by atoms with Crippen LogP contribution in [0.4, 0.5) is 5.13 Å². The van der Waals surface area contributed by atoms with Crippen LogP contribution in [0.2, 0.25) is 0 Å². The molecule has 0 saturated heterocycles. The van der Waals surface area contributed by atoms with Gasteiger partial charge in [0, 0.05) is 0 Å². The second kappa shape index (κ2) is 9.63. The van der Waals surface area contributed by atoms with Crippen LogP contribution >= 0.6 is 11.3 Å². The molecule has 1 aromatic heterocycles. The zero-order valence-electron chi connectivity index (χ0n) is 17.8. The van der Waals surface area contributed by atoms with Gasteiger partial charge < -0.3 is 0 Å². The van der Waals surface area contributed by atoms with Crippen molar-refractivity contribution in [3.8, 4) is 0 Å². The Hall–Kier alpha value is -3.03. The summed E-state index contributed by atoms with van der Waals surface area (Å²) in [5.74, 6) is -1.21. The van der Waals surface area contributed by atoms with Crippen molar-refractivity contribution in [1.29, 1.82) is 0 Å². The van der Waals surface area contributed by atoms with Gasteiger partial charge in [-0.15, -0.1) is 0 Å². The minimum absolute atomic E-state index is 0.168. The smallest absolute Gasteiger partial charge is 0.244 e. The van der Waals surface area contributed by atoms with Crippen LogP contribution in [0.25, 0.3) is 10.2 Å². The maximum Gasteiger partial charge on any atom is 0.244 e. The number of anilines is 1. The molecule has 0 aliphatic carbocycles. The molecule has 0 aliphatic heterocycles. The average Bonchev–Trinajstić information content (AvgIpc) is 3.21. The molecule has 4 rings (SSSR count). The lowest BCUT2D eigenvalue weighted by Gasteiger charge is -2.20. The lowest BCUT2D eigenvalue weighted by atomic mass is 10.2. The highest BCUT2D eigenvalue weighted by atomic mass is 32.2. The van der Waals surface area contributed by atoms with E-state index in [4.69, 9.17) is 0 Å². The lowest BCUT2D eigenvalue weighted by molar-refractivity contribution is -0.116. The van der Waals surface area contributed by atoms with E-state index in [-0.39, 0.29) is 12.3 Å². The third-order valence-electron chi connectivity index (χ3n) is 5.14. The summed E-state index contributed by atoms with van der Waals surface area (Å²) in [4.78, 5) is 19.4. The quantitative estimate of drug-likeness (QED) is 0.368. The van der Waals surface area contributed by atoms with Crippen LogP contribution in [0.15, 0.2) is 78.9 Å². The molecule has 32 heavy (non-hydrogen) atoms. The summed E-state index contributed by atoms with van der Waals surface area (Å²) in [6.45, 7) is 2.35. The van der Waals surface area contributed by atoms with E-state index in [1.54, 1.807) is 24.3 Å². The van der Waals surface area contributed by atoms with E-state index in [2.05, 4.69) is 18.0 Å². The number of thiazole rings is 1. The summed E-state index contributed by atoms with van der Waals surface area (Å²) in [6.07, 6.45) is 0.910. The molecule has 0 atom stereocenters. The van der Waals surface area contributed by atoms with Crippen LogP contribution in [-0.2, 0) is 33.4 Å². The fraction of sp³-hybridized carbons (Fsp3) is 0.200. The molecule has 0 spiro atoms. The predicted octanol–water partition coefficient (Wildman–Crippen LogP) is 5.01. The maximum atomic E-state index is 13.3. The lowest BCUT2D eigenvalue weighted by Crippen LogP contribution is -2.35. The van der Waals surface area contributed by atoms with Crippen LogP contribution < -0.4 is 4.90 Å². The number of hydrogen-bond donors (Lipinski definition) is 0. The van der Waals surface area contributed by atoms with Crippen LogP contribution in [0.5, 0.6) is 0 Å². The molecule has 0 fully saturated rings. The van der Waals surface area contributed by atoms with Crippen molar-refractivity contribution in [3.05, 3.63) is 95.6 Å². The number of rotatable bonds is 8.